The molecule has 0 saturated heterocycles. The van der Waals surface area contributed by atoms with E-state index in [0.29, 0.717) is 18.2 Å². The number of aromatic hydroxyl groups is 1. The fourth-order valence-corrected chi connectivity index (χ4v) is 1.66. The van der Waals surface area contributed by atoms with E-state index in [1.54, 1.807) is 18.2 Å². The smallest absolute Gasteiger partial charge is 0.224 e. The molecule has 1 fully saturated rings. The molecule has 0 radical (unpaired) electrons. The Balaban J connectivity index is 1.67. The Bertz CT molecular complexity index is 389. The lowest BCUT2D eigenvalue weighted by Crippen LogP contribution is -2.33. The summed E-state index contributed by atoms with van der Waals surface area (Å²) in [5, 5.41) is 15.7. The number of phenolic OH excluding ortho intramolecular Hbond substituents is 1. The first-order valence-corrected chi connectivity index (χ1v) is 6.02. The first-order chi connectivity index (χ1) is 8.25. The first-order valence-electron chi connectivity index (χ1n) is 6.02. The van der Waals surface area contributed by atoms with Crippen molar-refractivity contribution in [2.24, 2.45) is 0 Å². The third-order valence-electron chi connectivity index (χ3n) is 2.80. The summed E-state index contributed by atoms with van der Waals surface area (Å²) < 4.78 is 0. The van der Waals surface area contributed by atoms with Gasteiger partial charge in [0.2, 0.25) is 5.91 Å². The number of amides is 1. The van der Waals surface area contributed by atoms with E-state index in [-0.39, 0.29) is 18.1 Å². The monoisotopic (exact) mass is 234 g/mol. The molecule has 1 aliphatic carbocycles. The van der Waals surface area contributed by atoms with Crippen molar-refractivity contribution in [3.63, 3.8) is 0 Å². The van der Waals surface area contributed by atoms with Crippen LogP contribution < -0.4 is 10.6 Å². The van der Waals surface area contributed by atoms with Crippen molar-refractivity contribution in [2.75, 3.05) is 13.1 Å². The summed E-state index contributed by atoms with van der Waals surface area (Å²) in [5.74, 6) is 0.128. The van der Waals surface area contributed by atoms with Crippen molar-refractivity contribution in [2.45, 2.75) is 25.3 Å². The van der Waals surface area contributed by atoms with Crippen LogP contribution in [0.15, 0.2) is 24.3 Å². The molecule has 1 aliphatic rings. The minimum atomic E-state index is -0.0518. The first kappa shape index (κ1) is 11.9. The highest BCUT2D eigenvalue weighted by Gasteiger charge is 2.19. The maximum Gasteiger partial charge on any atom is 0.224 e. The minimum Gasteiger partial charge on any atom is -0.508 e. The van der Waals surface area contributed by atoms with Crippen LogP contribution in [0.3, 0.4) is 0 Å². The third kappa shape index (κ3) is 4.07. The van der Waals surface area contributed by atoms with E-state index >= 15 is 0 Å². The van der Waals surface area contributed by atoms with Gasteiger partial charge in [-0.1, -0.05) is 18.2 Å². The Morgan fingerprint density at radius 1 is 1.29 bits per heavy atom. The molecule has 0 spiro atoms. The van der Waals surface area contributed by atoms with Gasteiger partial charge in [0.05, 0.1) is 6.42 Å². The molecule has 0 aliphatic heterocycles. The van der Waals surface area contributed by atoms with E-state index < -0.39 is 0 Å². The van der Waals surface area contributed by atoms with Gasteiger partial charge in [-0.3, -0.25) is 4.79 Å². The second kappa shape index (κ2) is 5.68. The van der Waals surface area contributed by atoms with E-state index in [4.69, 9.17) is 0 Å². The number of hydrogen-bond acceptors (Lipinski definition) is 3. The molecule has 1 aromatic carbocycles. The standard InChI is InChI=1S/C13H18N2O2/c16-12-4-2-1-3-10(12)9-13(17)15-8-7-14-11-5-6-11/h1-4,11,14,16H,5-9H2,(H,15,17). The Hall–Kier alpha value is -1.55. The van der Waals surface area contributed by atoms with Gasteiger partial charge < -0.3 is 15.7 Å². The van der Waals surface area contributed by atoms with Crippen LogP contribution in [0.5, 0.6) is 5.75 Å². The molecule has 3 N–H and O–H groups in total. The van der Waals surface area contributed by atoms with Crippen LogP contribution in [0.4, 0.5) is 0 Å². The van der Waals surface area contributed by atoms with Gasteiger partial charge in [0.15, 0.2) is 0 Å². The number of nitrogens with one attached hydrogen (secondary N) is 2. The van der Waals surface area contributed by atoms with Crippen molar-refractivity contribution in [1.82, 2.24) is 10.6 Å². The normalized spacial score (nSPS) is 14.6. The molecular formula is C13H18N2O2. The van der Waals surface area contributed by atoms with Crippen LogP contribution in [-0.2, 0) is 11.2 Å². The summed E-state index contributed by atoms with van der Waals surface area (Å²) in [7, 11) is 0. The Morgan fingerprint density at radius 2 is 2.06 bits per heavy atom. The van der Waals surface area contributed by atoms with Crippen molar-refractivity contribution < 1.29 is 9.90 Å². The van der Waals surface area contributed by atoms with Crippen molar-refractivity contribution >= 4 is 5.91 Å². The fourth-order valence-electron chi connectivity index (χ4n) is 1.66. The van der Waals surface area contributed by atoms with E-state index in [1.807, 2.05) is 6.07 Å². The van der Waals surface area contributed by atoms with Crippen LogP contribution in [0, 0.1) is 0 Å². The van der Waals surface area contributed by atoms with Gasteiger partial charge in [0.1, 0.15) is 5.75 Å². The molecule has 4 nitrogen and oxygen atoms in total. The molecule has 92 valence electrons. The summed E-state index contributed by atoms with van der Waals surface area (Å²) in [5.41, 5.74) is 0.667. The summed E-state index contributed by atoms with van der Waals surface area (Å²) >= 11 is 0. The summed E-state index contributed by atoms with van der Waals surface area (Å²) in [6.07, 6.45) is 2.74. The number of carbonyl (C=O) groups is 1. The molecule has 0 aromatic heterocycles. The maximum absolute atomic E-state index is 11.6. The molecule has 1 aromatic rings. The Kier molecular flexibility index (Phi) is 3.98. The fraction of sp³-hybridized carbons (Fsp3) is 0.462. The SMILES string of the molecule is O=C(Cc1ccccc1O)NCCNC1CC1. The zero-order chi connectivity index (χ0) is 12.1. The summed E-state index contributed by atoms with van der Waals surface area (Å²) in [6.45, 7) is 1.46. The van der Waals surface area contributed by atoms with E-state index in [1.165, 1.54) is 12.8 Å². The van der Waals surface area contributed by atoms with E-state index in [2.05, 4.69) is 10.6 Å². The molecule has 0 unspecified atom stereocenters. The molecule has 17 heavy (non-hydrogen) atoms. The molecular weight excluding hydrogens is 216 g/mol. The number of para-hydroxylation sites is 1. The number of phenols is 1. The molecule has 2 rings (SSSR count). The average molecular weight is 234 g/mol. The number of benzene rings is 1. The number of hydrogen-bond donors (Lipinski definition) is 3. The molecule has 0 bridgehead atoms. The van der Waals surface area contributed by atoms with Crippen molar-refractivity contribution in [3.05, 3.63) is 29.8 Å². The highest BCUT2D eigenvalue weighted by Crippen LogP contribution is 2.18. The van der Waals surface area contributed by atoms with Gasteiger partial charge in [-0.15, -0.1) is 0 Å². The summed E-state index contributed by atoms with van der Waals surface area (Å²) in [4.78, 5) is 11.6. The predicted molar refractivity (Wildman–Crippen MR) is 65.8 cm³/mol. The van der Waals surface area contributed by atoms with Crippen LogP contribution >= 0.6 is 0 Å². The van der Waals surface area contributed by atoms with E-state index in [0.717, 1.165) is 6.54 Å². The van der Waals surface area contributed by atoms with Gasteiger partial charge in [-0.2, -0.15) is 0 Å². The van der Waals surface area contributed by atoms with Crippen LogP contribution in [0.25, 0.3) is 0 Å². The molecule has 4 heteroatoms. The maximum atomic E-state index is 11.6. The third-order valence-corrected chi connectivity index (χ3v) is 2.80. The molecule has 0 heterocycles. The van der Waals surface area contributed by atoms with Crippen LogP contribution in [-0.4, -0.2) is 30.1 Å². The van der Waals surface area contributed by atoms with Crippen molar-refractivity contribution in [3.8, 4) is 5.75 Å². The van der Waals surface area contributed by atoms with Crippen LogP contribution in [0.2, 0.25) is 0 Å². The van der Waals surface area contributed by atoms with Gasteiger partial charge >= 0.3 is 0 Å². The van der Waals surface area contributed by atoms with Gasteiger partial charge in [0.25, 0.3) is 0 Å². The zero-order valence-corrected chi connectivity index (χ0v) is 9.78. The Labute approximate surface area is 101 Å². The minimum absolute atomic E-state index is 0.0518. The molecule has 0 atom stereocenters. The largest absolute Gasteiger partial charge is 0.508 e. The second-order valence-corrected chi connectivity index (χ2v) is 4.38. The molecule has 1 amide bonds. The van der Waals surface area contributed by atoms with Crippen molar-refractivity contribution in [1.29, 1.82) is 0 Å². The lowest BCUT2D eigenvalue weighted by molar-refractivity contribution is -0.120. The van der Waals surface area contributed by atoms with Gasteiger partial charge in [-0.05, 0) is 18.9 Å². The topological polar surface area (TPSA) is 61.4 Å². The number of rotatable bonds is 6. The van der Waals surface area contributed by atoms with Crippen LogP contribution in [0.1, 0.15) is 18.4 Å². The highest BCUT2D eigenvalue weighted by molar-refractivity contribution is 5.79. The Morgan fingerprint density at radius 3 is 2.76 bits per heavy atom. The van der Waals surface area contributed by atoms with Gasteiger partial charge in [-0.25, -0.2) is 0 Å². The lowest BCUT2D eigenvalue weighted by Gasteiger charge is -2.07. The average Bonchev–Trinajstić information content (AvgIpc) is 3.12. The second-order valence-electron chi connectivity index (χ2n) is 4.38. The quantitative estimate of drug-likeness (QED) is 0.638. The highest BCUT2D eigenvalue weighted by atomic mass is 16.3. The van der Waals surface area contributed by atoms with E-state index in [9.17, 15) is 9.90 Å². The summed E-state index contributed by atoms with van der Waals surface area (Å²) in [6, 6.07) is 7.59. The van der Waals surface area contributed by atoms with Gasteiger partial charge in [0, 0.05) is 24.7 Å². The number of carbonyl (C=O) groups excluding carboxylic acids is 1. The molecule has 1 saturated carbocycles. The zero-order valence-electron chi connectivity index (χ0n) is 9.78. The predicted octanol–water partition coefficient (Wildman–Crippen LogP) is 0.803. The lowest BCUT2D eigenvalue weighted by atomic mass is 10.1.